The van der Waals surface area contributed by atoms with Crippen LogP contribution in [0.15, 0.2) is 29.3 Å². The van der Waals surface area contributed by atoms with Crippen molar-refractivity contribution >= 4 is 29.9 Å². The van der Waals surface area contributed by atoms with Crippen molar-refractivity contribution in [2.45, 2.75) is 20.3 Å². The highest BCUT2D eigenvalue weighted by molar-refractivity contribution is 14.0. The van der Waals surface area contributed by atoms with E-state index in [0.29, 0.717) is 6.61 Å². The average molecular weight is 476 g/mol. The number of guanidine groups is 1. The van der Waals surface area contributed by atoms with Crippen LogP contribution in [0.2, 0.25) is 0 Å². The number of nitrogens with zero attached hydrogens (tertiary/aromatic N) is 2. The topological polar surface area (TPSA) is 58.1 Å². The molecule has 0 spiro atoms. The minimum Gasteiger partial charge on any atom is -0.492 e. The molecule has 0 aromatic heterocycles. The van der Waals surface area contributed by atoms with Gasteiger partial charge in [-0.15, -0.1) is 24.0 Å². The van der Waals surface area contributed by atoms with Gasteiger partial charge < -0.3 is 20.1 Å². The Morgan fingerprint density at radius 2 is 1.92 bits per heavy atom. The standard InChI is InChI=1S/C19H32N4O2.HI/c1-3-20-19(21-9-4-11-23-12-15-24-16-13-23)22-10-14-25-18-7-5-17(2)6-8-18;/h5-8H,3-4,9-16H2,1-2H3,(H2,20,21,22);1H. The molecule has 148 valence electrons. The van der Waals surface area contributed by atoms with Crippen molar-refractivity contribution < 1.29 is 9.47 Å². The number of ether oxygens (including phenoxy) is 2. The first-order chi connectivity index (χ1) is 12.3. The van der Waals surface area contributed by atoms with E-state index in [4.69, 9.17) is 9.47 Å². The fraction of sp³-hybridized carbons (Fsp3) is 0.632. The van der Waals surface area contributed by atoms with E-state index in [-0.39, 0.29) is 24.0 Å². The summed E-state index contributed by atoms with van der Waals surface area (Å²) >= 11 is 0. The average Bonchev–Trinajstić information content (AvgIpc) is 2.64. The summed E-state index contributed by atoms with van der Waals surface area (Å²) < 4.78 is 11.1. The minimum atomic E-state index is 0. The number of hydrogen-bond acceptors (Lipinski definition) is 4. The Balaban J connectivity index is 0.00000338. The molecule has 0 unspecified atom stereocenters. The molecule has 2 rings (SSSR count). The van der Waals surface area contributed by atoms with Crippen molar-refractivity contribution in [2.75, 3.05) is 59.1 Å². The highest BCUT2D eigenvalue weighted by Crippen LogP contribution is 2.10. The zero-order valence-electron chi connectivity index (χ0n) is 16.0. The van der Waals surface area contributed by atoms with Gasteiger partial charge in [-0.2, -0.15) is 0 Å². The van der Waals surface area contributed by atoms with Crippen LogP contribution in [0.5, 0.6) is 5.75 Å². The van der Waals surface area contributed by atoms with E-state index < -0.39 is 0 Å². The smallest absolute Gasteiger partial charge is 0.191 e. The zero-order chi connectivity index (χ0) is 17.7. The second kappa shape index (κ2) is 14.1. The second-order valence-corrected chi connectivity index (χ2v) is 6.16. The van der Waals surface area contributed by atoms with Crippen LogP contribution < -0.4 is 15.4 Å². The molecule has 26 heavy (non-hydrogen) atoms. The van der Waals surface area contributed by atoms with Crippen molar-refractivity contribution in [2.24, 2.45) is 4.99 Å². The molecule has 1 aromatic carbocycles. The molecule has 1 aliphatic rings. The third-order valence-electron chi connectivity index (χ3n) is 4.03. The number of aliphatic imine (C=N–C) groups is 1. The van der Waals surface area contributed by atoms with E-state index in [2.05, 4.69) is 46.5 Å². The van der Waals surface area contributed by atoms with E-state index in [1.165, 1.54) is 5.56 Å². The largest absolute Gasteiger partial charge is 0.492 e. The van der Waals surface area contributed by atoms with Gasteiger partial charge in [0.25, 0.3) is 0 Å². The molecule has 7 heteroatoms. The normalized spacial score (nSPS) is 15.2. The Kier molecular flexibility index (Phi) is 12.4. The summed E-state index contributed by atoms with van der Waals surface area (Å²) in [6.45, 7) is 12.0. The van der Waals surface area contributed by atoms with E-state index in [9.17, 15) is 0 Å². The predicted molar refractivity (Wildman–Crippen MR) is 118 cm³/mol. The minimum absolute atomic E-state index is 0. The monoisotopic (exact) mass is 476 g/mol. The summed E-state index contributed by atoms with van der Waals surface area (Å²) in [6, 6.07) is 8.12. The van der Waals surface area contributed by atoms with Crippen LogP contribution >= 0.6 is 24.0 Å². The highest BCUT2D eigenvalue weighted by Gasteiger charge is 2.08. The number of aryl methyl sites for hydroxylation is 1. The number of hydrogen-bond donors (Lipinski definition) is 2. The molecule has 6 nitrogen and oxygen atoms in total. The van der Waals surface area contributed by atoms with Crippen molar-refractivity contribution in [1.29, 1.82) is 0 Å². The van der Waals surface area contributed by atoms with Crippen LogP contribution in [0.1, 0.15) is 18.9 Å². The molecule has 0 saturated carbocycles. The van der Waals surface area contributed by atoms with Crippen LogP contribution in [0.4, 0.5) is 0 Å². The Hall–Kier alpha value is -1.06. The SMILES string of the molecule is CCNC(=NCCCN1CCOCC1)NCCOc1ccc(C)cc1.I. The first-order valence-electron chi connectivity index (χ1n) is 9.29. The van der Waals surface area contributed by atoms with Crippen molar-refractivity contribution in [1.82, 2.24) is 15.5 Å². The zero-order valence-corrected chi connectivity index (χ0v) is 18.3. The van der Waals surface area contributed by atoms with E-state index >= 15 is 0 Å². The van der Waals surface area contributed by atoms with Gasteiger partial charge >= 0.3 is 0 Å². The van der Waals surface area contributed by atoms with Crippen LogP contribution in [-0.4, -0.2) is 69.9 Å². The number of morpholine rings is 1. The Morgan fingerprint density at radius 1 is 1.19 bits per heavy atom. The molecule has 0 atom stereocenters. The lowest BCUT2D eigenvalue weighted by Gasteiger charge is -2.26. The molecule has 1 fully saturated rings. The molecule has 0 aliphatic carbocycles. The van der Waals surface area contributed by atoms with Gasteiger partial charge in [-0.25, -0.2) is 0 Å². The van der Waals surface area contributed by atoms with Gasteiger partial charge in [-0.3, -0.25) is 9.89 Å². The van der Waals surface area contributed by atoms with E-state index in [0.717, 1.165) is 70.6 Å². The Morgan fingerprint density at radius 3 is 2.62 bits per heavy atom. The van der Waals surface area contributed by atoms with Gasteiger partial charge in [0.1, 0.15) is 12.4 Å². The molecule has 1 aromatic rings. The fourth-order valence-electron chi connectivity index (χ4n) is 2.62. The first kappa shape index (κ1) is 23.0. The summed E-state index contributed by atoms with van der Waals surface area (Å²) in [5.41, 5.74) is 1.24. The predicted octanol–water partition coefficient (Wildman–Crippen LogP) is 2.27. The van der Waals surface area contributed by atoms with Crippen LogP contribution in [0.25, 0.3) is 0 Å². The molecule has 1 saturated heterocycles. The fourth-order valence-corrected chi connectivity index (χ4v) is 2.62. The van der Waals surface area contributed by atoms with Gasteiger partial charge in [0.2, 0.25) is 0 Å². The van der Waals surface area contributed by atoms with Crippen molar-refractivity contribution in [3.63, 3.8) is 0 Å². The highest BCUT2D eigenvalue weighted by atomic mass is 127. The molecule has 2 N–H and O–H groups in total. The number of rotatable bonds is 9. The third-order valence-corrected chi connectivity index (χ3v) is 4.03. The van der Waals surface area contributed by atoms with Crippen LogP contribution in [0.3, 0.4) is 0 Å². The summed E-state index contributed by atoms with van der Waals surface area (Å²) in [4.78, 5) is 7.07. The van der Waals surface area contributed by atoms with Gasteiger partial charge in [-0.1, -0.05) is 17.7 Å². The maximum atomic E-state index is 5.73. The summed E-state index contributed by atoms with van der Waals surface area (Å²) in [6.07, 6.45) is 1.07. The number of benzene rings is 1. The van der Waals surface area contributed by atoms with Gasteiger partial charge in [0, 0.05) is 32.7 Å². The van der Waals surface area contributed by atoms with Crippen molar-refractivity contribution in [3.05, 3.63) is 29.8 Å². The molecule has 0 radical (unpaired) electrons. The maximum Gasteiger partial charge on any atom is 0.191 e. The van der Waals surface area contributed by atoms with E-state index in [1.54, 1.807) is 0 Å². The lowest BCUT2D eigenvalue weighted by Crippen LogP contribution is -2.39. The molecule has 1 aliphatic heterocycles. The third kappa shape index (κ3) is 9.59. The number of nitrogens with one attached hydrogen (secondary N) is 2. The van der Waals surface area contributed by atoms with Crippen molar-refractivity contribution in [3.8, 4) is 5.75 Å². The van der Waals surface area contributed by atoms with Crippen LogP contribution in [-0.2, 0) is 4.74 Å². The van der Waals surface area contributed by atoms with E-state index in [1.807, 2.05) is 12.1 Å². The quantitative estimate of drug-likeness (QED) is 0.248. The van der Waals surface area contributed by atoms with Gasteiger partial charge in [0.15, 0.2) is 5.96 Å². The Labute approximate surface area is 174 Å². The summed E-state index contributed by atoms with van der Waals surface area (Å²) in [5.74, 6) is 1.76. The molecule has 0 bridgehead atoms. The lowest BCUT2D eigenvalue weighted by atomic mass is 10.2. The second-order valence-electron chi connectivity index (χ2n) is 6.16. The molecule has 1 heterocycles. The van der Waals surface area contributed by atoms with Crippen LogP contribution in [0, 0.1) is 6.92 Å². The van der Waals surface area contributed by atoms with Gasteiger partial charge in [-0.05, 0) is 32.4 Å². The first-order valence-corrected chi connectivity index (χ1v) is 9.29. The molecule has 0 amide bonds. The molecular weight excluding hydrogens is 443 g/mol. The Bertz CT molecular complexity index is 505. The van der Waals surface area contributed by atoms with Gasteiger partial charge in [0.05, 0.1) is 19.8 Å². The maximum absolute atomic E-state index is 5.73. The summed E-state index contributed by atoms with van der Waals surface area (Å²) in [7, 11) is 0. The summed E-state index contributed by atoms with van der Waals surface area (Å²) in [5, 5.41) is 6.60. The molecular formula is C19H33IN4O2. The number of halogens is 1. The lowest BCUT2D eigenvalue weighted by molar-refractivity contribution is 0.0377.